The summed E-state index contributed by atoms with van der Waals surface area (Å²) in [6.45, 7) is 10.9. The second-order valence-corrected chi connectivity index (χ2v) is 5.28. The van der Waals surface area contributed by atoms with Crippen LogP contribution in [0.4, 0.5) is 0 Å². The smallest absolute Gasteiger partial charge is 0.0154 e. The minimum Gasteiger partial charge on any atom is -0.325 e. The van der Waals surface area contributed by atoms with Gasteiger partial charge in [0.15, 0.2) is 0 Å². The van der Waals surface area contributed by atoms with Gasteiger partial charge in [-0.3, -0.25) is 0 Å². The van der Waals surface area contributed by atoms with Crippen molar-refractivity contribution in [2.75, 3.05) is 0 Å². The zero-order valence-electron chi connectivity index (χ0n) is 10.1. The van der Waals surface area contributed by atoms with Crippen molar-refractivity contribution in [3.8, 4) is 0 Å². The van der Waals surface area contributed by atoms with Crippen LogP contribution in [0.1, 0.15) is 66.7 Å². The molecule has 1 fully saturated rings. The van der Waals surface area contributed by atoms with Crippen LogP contribution in [0, 0.1) is 5.41 Å². The molecule has 1 saturated carbocycles. The Hall–Kier alpha value is -0.0400. The fourth-order valence-electron chi connectivity index (χ4n) is 1.50. The van der Waals surface area contributed by atoms with E-state index in [0.29, 0.717) is 5.41 Å². The van der Waals surface area contributed by atoms with Gasteiger partial charge in [0.2, 0.25) is 0 Å². The number of hydrogen-bond acceptors (Lipinski definition) is 1. The largest absolute Gasteiger partial charge is 0.325 e. The van der Waals surface area contributed by atoms with E-state index in [4.69, 9.17) is 5.73 Å². The average Bonchev–Trinajstić information content (AvgIpc) is 2.00. The van der Waals surface area contributed by atoms with Crippen molar-refractivity contribution in [3.63, 3.8) is 0 Å². The highest BCUT2D eigenvalue weighted by Gasteiger charge is 2.32. The Labute approximate surface area is 84.1 Å². The maximum Gasteiger partial charge on any atom is 0.0154 e. The van der Waals surface area contributed by atoms with Gasteiger partial charge in [-0.2, -0.15) is 0 Å². The first-order valence-electron chi connectivity index (χ1n) is 5.70. The van der Waals surface area contributed by atoms with Crippen molar-refractivity contribution < 1.29 is 0 Å². The third kappa shape index (κ3) is 5.30. The van der Waals surface area contributed by atoms with E-state index >= 15 is 0 Å². The minimum atomic E-state index is 0.229. The van der Waals surface area contributed by atoms with E-state index in [2.05, 4.69) is 20.8 Å². The molecule has 0 aromatic carbocycles. The Balaban J connectivity index is 0.000000671. The highest BCUT2D eigenvalue weighted by atomic mass is 14.8. The third-order valence-electron chi connectivity index (χ3n) is 2.72. The Morgan fingerprint density at radius 2 is 1.62 bits per heavy atom. The quantitative estimate of drug-likeness (QED) is 0.697. The van der Waals surface area contributed by atoms with Crippen molar-refractivity contribution in [1.82, 2.24) is 0 Å². The minimum absolute atomic E-state index is 0.229. The maximum absolute atomic E-state index is 6.11. The zero-order chi connectivity index (χ0) is 10.5. The Kier molecular flexibility index (Phi) is 4.98. The van der Waals surface area contributed by atoms with Gasteiger partial charge in [0, 0.05) is 5.54 Å². The van der Waals surface area contributed by atoms with Gasteiger partial charge in [0.05, 0.1) is 0 Å². The topological polar surface area (TPSA) is 26.0 Å². The van der Waals surface area contributed by atoms with Crippen molar-refractivity contribution >= 4 is 0 Å². The lowest BCUT2D eigenvalue weighted by Gasteiger charge is -2.39. The summed E-state index contributed by atoms with van der Waals surface area (Å²) in [4.78, 5) is 0. The van der Waals surface area contributed by atoms with Crippen LogP contribution < -0.4 is 5.73 Å². The molecule has 1 aliphatic carbocycles. The number of nitrogens with two attached hydrogens (primary N) is 1. The first-order chi connectivity index (χ1) is 5.91. The van der Waals surface area contributed by atoms with Crippen LogP contribution in [-0.2, 0) is 0 Å². The molecule has 0 amide bonds. The Morgan fingerprint density at radius 1 is 1.15 bits per heavy atom. The highest BCUT2D eigenvalue weighted by Crippen LogP contribution is 2.36. The zero-order valence-corrected chi connectivity index (χ0v) is 10.1. The van der Waals surface area contributed by atoms with Gasteiger partial charge in [-0.1, -0.05) is 34.6 Å². The molecular weight excluding hydrogens is 158 g/mol. The van der Waals surface area contributed by atoms with Gasteiger partial charge < -0.3 is 5.73 Å². The molecule has 0 heterocycles. The van der Waals surface area contributed by atoms with E-state index in [9.17, 15) is 0 Å². The fraction of sp³-hybridized carbons (Fsp3) is 1.00. The van der Waals surface area contributed by atoms with E-state index in [1.165, 1.54) is 32.1 Å². The summed E-state index contributed by atoms with van der Waals surface area (Å²) >= 11 is 0. The van der Waals surface area contributed by atoms with Crippen LogP contribution in [0.3, 0.4) is 0 Å². The van der Waals surface area contributed by atoms with E-state index in [0.717, 1.165) is 0 Å². The predicted octanol–water partition coefficient (Wildman–Crippen LogP) is 3.72. The van der Waals surface area contributed by atoms with E-state index in [-0.39, 0.29) is 5.54 Å². The van der Waals surface area contributed by atoms with Crippen LogP contribution in [0.15, 0.2) is 0 Å². The van der Waals surface area contributed by atoms with E-state index in [1.54, 1.807) is 0 Å². The molecule has 0 aromatic heterocycles. The molecule has 0 aliphatic heterocycles. The van der Waals surface area contributed by atoms with Gasteiger partial charge in [0.25, 0.3) is 0 Å². The van der Waals surface area contributed by atoms with Crippen LogP contribution in [0.2, 0.25) is 0 Å². The summed E-state index contributed by atoms with van der Waals surface area (Å²) in [5.41, 5.74) is 6.80. The molecule has 1 aliphatic rings. The van der Waals surface area contributed by atoms with Gasteiger partial charge in [0.1, 0.15) is 0 Å². The SMILES string of the molecule is CC.CC(C)(C)CCC1(N)CCC1. The summed E-state index contributed by atoms with van der Waals surface area (Å²) < 4.78 is 0. The van der Waals surface area contributed by atoms with Gasteiger partial charge >= 0.3 is 0 Å². The molecule has 0 aromatic rings. The standard InChI is InChI=1S/C10H21N.C2H6/c1-9(2,3)7-8-10(11)5-4-6-10;1-2/h4-8,11H2,1-3H3;1-2H3. The van der Waals surface area contributed by atoms with E-state index in [1.807, 2.05) is 13.8 Å². The number of rotatable bonds is 2. The van der Waals surface area contributed by atoms with Crippen LogP contribution in [-0.4, -0.2) is 5.54 Å². The third-order valence-corrected chi connectivity index (χ3v) is 2.72. The molecule has 0 atom stereocenters. The summed E-state index contributed by atoms with van der Waals surface area (Å²) in [5, 5.41) is 0. The van der Waals surface area contributed by atoms with Crippen molar-refractivity contribution in [2.24, 2.45) is 11.1 Å². The number of hydrogen-bond donors (Lipinski definition) is 1. The molecule has 1 nitrogen and oxygen atoms in total. The lowest BCUT2D eigenvalue weighted by Crippen LogP contribution is -2.46. The summed E-state index contributed by atoms with van der Waals surface area (Å²) in [6.07, 6.45) is 6.34. The molecule has 0 radical (unpaired) electrons. The molecule has 0 saturated heterocycles. The van der Waals surface area contributed by atoms with Crippen LogP contribution in [0.5, 0.6) is 0 Å². The fourth-order valence-corrected chi connectivity index (χ4v) is 1.50. The monoisotopic (exact) mass is 185 g/mol. The molecule has 1 heteroatoms. The van der Waals surface area contributed by atoms with Crippen molar-refractivity contribution in [2.45, 2.75) is 72.3 Å². The first kappa shape index (κ1) is 13.0. The Bertz CT molecular complexity index is 129. The van der Waals surface area contributed by atoms with Crippen LogP contribution >= 0.6 is 0 Å². The molecule has 13 heavy (non-hydrogen) atoms. The molecule has 1 rings (SSSR count). The molecular formula is C12H27N. The summed E-state index contributed by atoms with van der Waals surface area (Å²) in [7, 11) is 0. The summed E-state index contributed by atoms with van der Waals surface area (Å²) in [5.74, 6) is 0. The van der Waals surface area contributed by atoms with Crippen molar-refractivity contribution in [1.29, 1.82) is 0 Å². The Morgan fingerprint density at radius 3 is 1.85 bits per heavy atom. The summed E-state index contributed by atoms with van der Waals surface area (Å²) in [6, 6.07) is 0. The first-order valence-corrected chi connectivity index (χ1v) is 5.70. The van der Waals surface area contributed by atoms with E-state index < -0.39 is 0 Å². The van der Waals surface area contributed by atoms with Crippen molar-refractivity contribution in [3.05, 3.63) is 0 Å². The lowest BCUT2D eigenvalue weighted by atomic mass is 9.72. The van der Waals surface area contributed by atoms with Gasteiger partial charge in [-0.05, 0) is 37.5 Å². The normalized spacial score (nSPS) is 19.8. The van der Waals surface area contributed by atoms with Gasteiger partial charge in [-0.25, -0.2) is 0 Å². The highest BCUT2D eigenvalue weighted by molar-refractivity contribution is 4.93. The molecule has 0 unspecified atom stereocenters. The molecule has 0 bridgehead atoms. The maximum atomic E-state index is 6.11. The molecule has 0 spiro atoms. The van der Waals surface area contributed by atoms with Gasteiger partial charge in [-0.15, -0.1) is 0 Å². The lowest BCUT2D eigenvalue weighted by molar-refractivity contribution is 0.196. The molecule has 2 N–H and O–H groups in total. The van der Waals surface area contributed by atoms with Crippen LogP contribution in [0.25, 0.3) is 0 Å². The average molecular weight is 185 g/mol. The predicted molar refractivity (Wildman–Crippen MR) is 60.8 cm³/mol. The second kappa shape index (κ2) is 4.99. The second-order valence-electron chi connectivity index (χ2n) is 5.28. The molecule has 80 valence electrons.